The molecule has 1 saturated carbocycles. The summed E-state index contributed by atoms with van der Waals surface area (Å²) < 4.78 is 0. The van der Waals surface area contributed by atoms with Gasteiger partial charge < -0.3 is 10.6 Å². The average molecular weight is 315 g/mol. The van der Waals surface area contributed by atoms with Crippen LogP contribution in [-0.4, -0.2) is 12.1 Å². The lowest BCUT2D eigenvalue weighted by Crippen LogP contribution is -2.48. The molecule has 1 amide bonds. The molecule has 2 N–H and O–H groups in total. The van der Waals surface area contributed by atoms with E-state index < -0.39 is 0 Å². The summed E-state index contributed by atoms with van der Waals surface area (Å²) in [6, 6.07) is 15.9. The molecule has 4 rings (SSSR count). The topological polar surface area (TPSA) is 64.9 Å². The molecule has 1 aliphatic heterocycles. The number of benzene rings is 2. The number of nitriles is 1. The molecular weight excluding hydrogens is 298 g/mol. The molecule has 0 saturated heterocycles. The standard InChI is InChI=1S/C20H17N3O/c21-11-16-3-1-2-4-18(16)15-8-7-14-10-19(22-12-17(14)9-15)23-20(24)13-5-6-13/h1-4,7-10,12-13,19,22H,5-6H2,(H,23,24). The number of hydrogen-bond acceptors (Lipinski definition) is 3. The van der Waals surface area contributed by atoms with Crippen LogP contribution in [0.3, 0.4) is 0 Å². The van der Waals surface area contributed by atoms with E-state index in [-0.39, 0.29) is 18.0 Å². The second kappa shape index (κ2) is 5.86. The van der Waals surface area contributed by atoms with E-state index in [1.165, 1.54) is 0 Å². The molecule has 118 valence electrons. The second-order valence-corrected chi connectivity index (χ2v) is 6.24. The number of amides is 1. The summed E-state index contributed by atoms with van der Waals surface area (Å²) in [7, 11) is 0. The third kappa shape index (κ3) is 2.77. The summed E-state index contributed by atoms with van der Waals surface area (Å²) in [6.07, 6.45) is 5.78. The van der Waals surface area contributed by atoms with Crippen LogP contribution in [0.2, 0.25) is 0 Å². The van der Waals surface area contributed by atoms with Gasteiger partial charge in [-0.05, 0) is 52.6 Å². The normalized spacial score (nSPS) is 18.2. The van der Waals surface area contributed by atoms with Crippen molar-refractivity contribution in [3.05, 3.63) is 58.5 Å². The first-order chi connectivity index (χ1) is 11.7. The third-order valence-electron chi connectivity index (χ3n) is 4.46. The fourth-order valence-corrected chi connectivity index (χ4v) is 2.96. The molecule has 1 fully saturated rings. The van der Waals surface area contributed by atoms with Crippen LogP contribution in [0, 0.1) is 17.2 Å². The highest BCUT2D eigenvalue weighted by Gasteiger charge is 2.30. The summed E-state index contributed by atoms with van der Waals surface area (Å²) >= 11 is 0. The Morgan fingerprint density at radius 2 is 2.00 bits per heavy atom. The molecule has 0 bridgehead atoms. The lowest BCUT2D eigenvalue weighted by Gasteiger charge is -2.18. The minimum atomic E-state index is -0.164. The van der Waals surface area contributed by atoms with Crippen LogP contribution >= 0.6 is 0 Å². The van der Waals surface area contributed by atoms with Gasteiger partial charge in [-0.3, -0.25) is 4.79 Å². The van der Waals surface area contributed by atoms with Gasteiger partial charge in [0.1, 0.15) is 6.17 Å². The highest BCUT2D eigenvalue weighted by molar-refractivity contribution is 5.82. The van der Waals surface area contributed by atoms with Crippen LogP contribution < -0.4 is 21.1 Å². The van der Waals surface area contributed by atoms with Crippen LogP contribution in [0.4, 0.5) is 0 Å². The van der Waals surface area contributed by atoms with Crippen LogP contribution in [0.15, 0.2) is 42.5 Å². The predicted molar refractivity (Wildman–Crippen MR) is 92.6 cm³/mol. The summed E-state index contributed by atoms with van der Waals surface area (Å²) in [5.74, 6) is 0.326. The number of fused-ring (bicyclic) bond motifs is 1. The molecule has 1 atom stereocenters. The maximum atomic E-state index is 11.9. The Labute approximate surface area is 140 Å². The fraction of sp³-hybridized carbons (Fsp3) is 0.200. The smallest absolute Gasteiger partial charge is 0.224 e. The van der Waals surface area contributed by atoms with E-state index in [1.54, 1.807) is 0 Å². The Kier molecular flexibility index (Phi) is 3.55. The second-order valence-electron chi connectivity index (χ2n) is 6.24. The van der Waals surface area contributed by atoms with Gasteiger partial charge >= 0.3 is 0 Å². The van der Waals surface area contributed by atoms with Gasteiger partial charge in [-0.25, -0.2) is 0 Å². The van der Waals surface area contributed by atoms with Gasteiger partial charge in [0.15, 0.2) is 0 Å². The van der Waals surface area contributed by atoms with Gasteiger partial charge in [-0.1, -0.05) is 30.3 Å². The molecule has 0 radical (unpaired) electrons. The van der Waals surface area contributed by atoms with Gasteiger partial charge in [0, 0.05) is 12.1 Å². The van der Waals surface area contributed by atoms with Crippen molar-refractivity contribution in [1.82, 2.24) is 10.6 Å². The number of carbonyl (C=O) groups excluding carboxylic acids is 1. The van der Waals surface area contributed by atoms with Gasteiger partial charge in [0.05, 0.1) is 11.6 Å². The maximum Gasteiger partial charge on any atom is 0.224 e. The molecule has 1 heterocycles. The van der Waals surface area contributed by atoms with Gasteiger partial charge in [0.2, 0.25) is 5.91 Å². The largest absolute Gasteiger partial charge is 0.368 e. The van der Waals surface area contributed by atoms with Crippen molar-refractivity contribution in [2.75, 3.05) is 0 Å². The van der Waals surface area contributed by atoms with E-state index in [9.17, 15) is 10.1 Å². The molecule has 2 aliphatic rings. The molecule has 1 aliphatic carbocycles. The maximum absolute atomic E-state index is 11.9. The number of hydrogen-bond donors (Lipinski definition) is 2. The van der Waals surface area contributed by atoms with Crippen LogP contribution in [0.5, 0.6) is 0 Å². The van der Waals surface area contributed by atoms with E-state index in [0.717, 1.165) is 34.4 Å². The molecule has 0 aromatic heterocycles. The molecular formula is C20H17N3O. The zero-order valence-corrected chi connectivity index (χ0v) is 13.1. The van der Waals surface area contributed by atoms with Gasteiger partial charge in [0.25, 0.3) is 0 Å². The Balaban J connectivity index is 1.65. The molecule has 2 aromatic carbocycles. The Bertz CT molecular complexity index is 967. The summed E-state index contributed by atoms with van der Waals surface area (Å²) in [5.41, 5.74) is 2.61. The first-order valence-corrected chi connectivity index (χ1v) is 8.12. The average Bonchev–Trinajstić information content (AvgIpc) is 3.46. The number of nitrogens with one attached hydrogen (secondary N) is 2. The van der Waals surface area contributed by atoms with E-state index in [1.807, 2.05) is 48.7 Å². The Morgan fingerprint density at radius 3 is 2.79 bits per heavy atom. The van der Waals surface area contributed by atoms with E-state index >= 15 is 0 Å². The van der Waals surface area contributed by atoms with Crippen molar-refractivity contribution in [1.29, 1.82) is 5.26 Å². The molecule has 1 unspecified atom stereocenters. The Morgan fingerprint density at radius 1 is 1.17 bits per heavy atom. The molecule has 24 heavy (non-hydrogen) atoms. The quantitative estimate of drug-likeness (QED) is 0.894. The van der Waals surface area contributed by atoms with Gasteiger partial charge in [-0.15, -0.1) is 0 Å². The van der Waals surface area contributed by atoms with Crippen LogP contribution in [0.25, 0.3) is 23.4 Å². The van der Waals surface area contributed by atoms with Crippen molar-refractivity contribution < 1.29 is 4.79 Å². The van der Waals surface area contributed by atoms with Crippen LogP contribution in [0.1, 0.15) is 18.4 Å². The molecule has 4 nitrogen and oxygen atoms in total. The van der Waals surface area contributed by atoms with Crippen molar-refractivity contribution >= 4 is 18.2 Å². The van der Waals surface area contributed by atoms with E-state index in [2.05, 4.69) is 22.8 Å². The number of carbonyl (C=O) groups is 1. The SMILES string of the molecule is N#Cc1ccccc1-c1ccc2c(c1)=CNC(NC(=O)C1CC1)C=2. The first kappa shape index (κ1) is 14.5. The molecule has 2 aromatic rings. The highest BCUT2D eigenvalue weighted by atomic mass is 16.2. The summed E-state index contributed by atoms with van der Waals surface area (Å²) in [4.78, 5) is 11.9. The zero-order chi connectivity index (χ0) is 16.5. The van der Waals surface area contributed by atoms with Crippen molar-refractivity contribution in [2.45, 2.75) is 19.0 Å². The van der Waals surface area contributed by atoms with Gasteiger partial charge in [-0.2, -0.15) is 5.26 Å². The number of rotatable bonds is 3. The summed E-state index contributed by atoms with van der Waals surface area (Å²) in [5, 5.41) is 17.6. The van der Waals surface area contributed by atoms with Crippen molar-refractivity contribution in [3.8, 4) is 17.2 Å². The lowest BCUT2D eigenvalue weighted by molar-refractivity contribution is -0.122. The highest BCUT2D eigenvalue weighted by Crippen LogP contribution is 2.28. The minimum Gasteiger partial charge on any atom is -0.368 e. The van der Waals surface area contributed by atoms with Crippen molar-refractivity contribution in [2.24, 2.45) is 5.92 Å². The summed E-state index contributed by atoms with van der Waals surface area (Å²) in [6.45, 7) is 0. The zero-order valence-electron chi connectivity index (χ0n) is 13.1. The van der Waals surface area contributed by atoms with E-state index in [4.69, 9.17) is 0 Å². The molecule has 4 heteroatoms. The van der Waals surface area contributed by atoms with Crippen LogP contribution in [-0.2, 0) is 4.79 Å². The molecule has 0 spiro atoms. The Hall–Kier alpha value is -3.06. The fourth-order valence-electron chi connectivity index (χ4n) is 2.96. The minimum absolute atomic E-state index is 0.125. The lowest BCUT2D eigenvalue weighted by atomic mass is 9.99. The van der Waals surface area contributed by atoms with E-state index in [0.29, 0.717) is 5.56 Å². The first-order valence-electron chi connectivity index (χ1n) is 8.12. The predicted octanol–water partition coefficient (Wildman–Crippen LogP) is 1.20. The monoisotopic (exact) mass is 315 g/mol. The number of nitrogens with zero attached hydrogens (tertiary/aromatic N) is 1. The third-order valence-corrected chi connectivity index (χ3v) is 4.46. The van der Waals surface area contributed by atoms with Crippen molar-refractivity contribution in [3.63, 3.8) is 0 Å².